The fourth-order valence-corrected chi connectivity index (χ4v) is 1.53. The van der Waals surface area contributed by atoms with Gasteiger partial charge in [-0.25, -0.2) is 0 Å². The zero-order chi connectivity index (χ0) is 11.5. The van der Waals surface area contributed by atoms with Gasteiger partial charge in [0.05, 0.1) is 0 Å². The van der Waals surface area contributed by atoms with E-state index in [1.807, 2.05) is 24.3 Å². The number of Topliss-reactive ketones (excluding diaryl/α,β-unsaturated/α-hetero) is 1. The highest BCUT2D eigenvalue weighted by molar-refractivity contribution is 9.10. The molecule has 0 unspecified atom stereocenters. The van der Waals surface area contributed by atoms with E-state index in [0.717, 1.165) is 16.5 Å². The maximum Gasteiger partial charge on any atom is 0.162 e. The molecule has 0 radical (unpaired) electrons. The van der Waals surface area contributed by atoms with Crippen LogP contribution in [-0.2, 0) is 0 Å². The second kappa shape index (κ2) is 4.93. The van der Waals surface area contributed by atoms with Crippen molar-refractivity contribution < 1.29 is 4.79 Å². The largest absolute Gasteiger partial charge is 0.294 e. The van der Waals surface area contributed by atoms with Crippen LogP contribution in [0.4, 0.5) is 0 Å². The van der Waals surface area contributed by atoms with Crippen LogP contribution in [0.1, 0.15) is 44.0 Å². The number of ketones is 1. The molecule has 0 saturated carbocycles. The third kappa shape index (κ3) is 4.61. The molecule has 1 rings (SSSR count). The summed E-state index contributed by atoms with van der Waals surface area (Å²) in [5, 5.41) is 0. The first-order chi connectivity index (χ1) is 6.88. The molecule has 1 aromatic rings. The van der Waals surface area contributed by atoms with Gasteiger partial charge in [-0.3, -0.25) is 4.79 Å². The molecule has 0 bridgehead atoms. The molecule has 0 aromatic heterocycles. The van der Waals surface area contributed by atoms with Gasteiger partial charge < -0.3 is 0 Å². The molecule has 0 aliphatic heterocycles. The van der Waals surface area contributed by atoms with Crippen molar-refractivity contribution in [3.63, 3.8) is 0 Å². The summed E-state index contributed by atoms with van der Waals surface area (Å²) in [6.45, 7) is 6.46. The molecule has 0 heterocycles. The average molecular weight is 269 g/mol. The molecule has 0 spiro atoms. The summed E-state index contributed by atoms with van der Waals surface area (Å²) in [6, 6.07) is 7.55. The fourth-order valence-electron chi connectivity index (χ4n) is 1.27. The molecule has 0 saturated heterocycles. The topological polar surface area (TPSA) is 17.1 Å². The van der Waals surface area contributed by atoms with Crippen LogP contribution in [0.2, 0.25) is 0 Å². The van der Waals surface area contributed by atoms with Crippen molar-refractivity contribution in [2.45, 2.75) is 33.6 Å². The monoisotopic (exact) mass is 268 g/mol. The lowest BCUT2D eigenvalue weighted by atomic mass is 9.88. The van der Waals surface area contributed by atoms with Gasteiger partial charge >= 0.3 is 0 Å². The van der Waals surface area contributed by atoms with E-state index in [1.165, 1.54) is 0 Å². The van der Waals surface area contributed by atoms with Crippen LogP contribution in [0, 0.1) is 5.41 Å². The summed E-state index contributed by atoms with van der Waals surface area (Å²) in [5.41, 5.74) is 1.04. The van der Waals surface area contributed by atoms with Crippen LogP contribution in [0.3, 0.4) is 0 Å². The lowest BCUT2D eigenvalue weighted by Gasteiger charge is -2.16. The van der Waals surface area contributed by atoms with Crippen LogP contribution in [-0.4, -0.2) is 5.78 Å². The first-order valence-corrected chi connectivity index (χ1v) is 5.96. The number of benzene rings is 1. The summed E-state index contributed by atoms with van der Waals surface area (Å²) in [6.07, 6.45) is 1.56. The van der Waals surface area contributed by atoms with Crippen molar-refractivity contribution in [1.82, 2.24) is 0 Å². The van der Waals surface area contributed by atoms with Gasteiger partial charge in [0, 0.05) is 16.5 Å². The van der Waals surface area contributed by atoms with Gasteiger partial charge in [0.2, 0.25) is 0 Å². The van der Waals surface area contributed by atoms with E-state index in [9.17, 15) is 4.79 Å². The van der Waals surface area contributed by atoms with Crippen molar-refractivity contribution >= 4 is 21.7 Å². The molecular weight excluding hydrogens is 252 g/mol. The van der Waals surface area contributed by atoms with E-state index < -0.39 is 0 Å². The number of hydrogen-bond acceptors (Lipinski definition) is 1. The highest BCUT2D eigenvalue weighted by atomic mass is 79.9. The van der Waals surface area contributed by atoms with Crippen molar-refractivity contribution in [2.24, 2.45) is 5.41 Å². The molecule has 0 atom stereocenters. The Balaban J connectivity index is 2.58. The Bertz CT molecular complexity index is 333. The molecule has 0 aliphatic rings. The molecule has 0 aliphatic carbocycles. The standard InChI is InChI=1S/C13H17BrO/c1-13(2,3)9-8-12(15)10-4-6-11(14)7-5-10/h4-7H,8-9H2,1-3H3. The molecule has 0 amide bonds. The number of rotatable bonds is 3. The molecule has 1 nitrogen and oxygen atoms in total. The summed E-state index contributed by atoms with van der Waals surface area (Å²) in [4.78, 5) is 11.8. The van der Waals surface area contributed by atoms with Gasteiger partial charge in [0.1, 0.15) is 0 Å². The minimum atomic E-state index is 0.227. The lowest BCUT2D eigenvalue weighted by molar-refractivity contribution is 0.0966. The van der Waals surface area contributed by atoms with Crippen LogP contribution < -0.4 is 0 Å². The van der Waals surface area contributed by atoms with E-state index in [-0.39, 0.29) is 11.2 Å². The quantitative estimate of drug-likeness (QED) is 0.740. The summed E-state index contributed by atoms with van der Waals surface area (Å²) in [5.74, 6) is 0.234. The zero-order valence-corrected chi connectivity index (χ0v) is 11.1. The second-order valence-electron chi connectivity index (χ2n) is 4.99. The van der Waals surface area contributed by atoms with E-state index >= 15 is 0 Å². The lowest BCUT2D eigenvalue weighted by Crippen LogP contribution is -2.09. The Labute approximate surface area is 100 Å². The van der Waals surface area contributed by atoms with Crippen LogP contribution in [0.15, 0.2) is 28.7 Å². The Morgan fingerprint density at radius 1 is 1.20 bits per heavy atom. The number of hydrogen-bond donors (Lipinski definition) is 0. The normalized spacial score (nSPS) is 11.5. The number of halogens is 1. The fraction of sp³-hybridized carbons (Fsp3) is 0.462. The first kappa shape index (κ1) is 12.4. The van der Waals surface area contributed by atoms with Crippen molar-refractivity contribution in [2.75, 3.05) is 0 Å². The molecule has 82 valence electrons. The third-order valence-corrected chi connectivity index (χ3v) is 2.80. The highest BCUT2D eigenvalue weighted by Gasteiger charge is 2.13. The average Bonchev–Trinajstić information content (AvgIpc) is 2.14. The van der Waals surface area contributed by atoms with Gasteiger partial charge in [-0.2, -0.15) is 0 Å². The number of carbonyl (C=O) groups excluding carboxylic acids is 1. The molecule has 1 aromatic carbocycles. The van der Waals surface area contributed by atoms with E-state index in [0.29, 0.717) is 6.42 Å². The predicted molar refractivity (Wildman–Crippen MR) is 67.2 cm³/mol. The first-order valence-electron chi connectivity index (χ1n) is 5.17. The molecule has 15 heavy (non-hydrogen) atoms. The summed E-state index contributed by atoms with van der Waals surface area (Å²) >= 11 is 3.35. The van der Waals surface area contributed by atoms with Crippen LogP contribution in [0.5, 0.6) is 0 Å². The van der Waals surface area contributed by atoms with Gasteiger partial charge in [0.15, 0.2) is 5.78 Å². The Kier molecular flexibility index (Phi) is 4.09. The Hall–Kier alpha value is -0.630. The minimum absolute atomic E-state index is 0.227. The van der Waals surface area contributed by atoms with Gasteiger partial charge in [-0.15, -0.1) is 0 Å². The maximum atomic E-state index is 11.8. The summed E-state index contributed by atoms with van der Waals surface area (Å²) < 4.78 is 1.01. The maximum absolute atomic E-state index is 11.8. The number of carbonyl (C=O) groups is 1. The highest BCUT2D eigenvalue weighted by Crippen LogP contribution is 2.22. The predicted octanol–water partition coefficient (Wildman–Crippen LogP) is 4.46. The Morgan fingerprint density at radius 3 is 2.20 bits per heavy atom. The molecule has 2 heteroatoms. The van der Waals surface area contributed by atoms with Crippen LogP contribution >= 0.6 is 15.9 Å². The van der Waals surface area contributed by atoms with E-state index in [2.05, 4.69) is 36.7 Å². The Morgan fingerprint density at radius 2 is 1.73 bits per heavy atom. The molecule has 0 N–H and O–H groups in total. The van der Waals surface area contributed by atoms with Crippen molar-refractivity contribution in [3.05, 3.63) is 34.3 Å². The zero-order valence-electron chi connectivity index (χ0n) is 9.51. The van der Waals surface area contributed by atoms with Crippen LogP contribution in [0.25, 0.3) is 0 Å². The van der Waals surface area contributed by atoms with E-state index in [1.54, 1.807) is 0 Å². The third-order valence-electron chi connectivity index (χ3n) is 2.27. The second-order valence-corrected chi connectivity index (χ2v) is 5.91. The minimum Gasteiger partial charge on any atom is -0.294 e. The van der Waals surface area contributed by atoms with Crippen molar-refractivity contribution in [3.8, 4) is 0 Å². The molecule has 0 fully saturated rings. The van der Waals surface area contributed by atoms with Gasteiger partial charge in [-0.1, -0.05) is 48.8 Å². The van der Waals surface area contributed by atoms with Crippen molar-refractivity contribution in [1.29, 1.82) is 0 Å². The van der Waals surface area contributed by atoms with Gasteiger partial charge in [-0.05, 0) is 24.0 Å². The van der Waals surface area contributed by atoms with E-state index in [4.69, 9.17) is 0 Å². The van der Waals surface area contributed by atoms with Gasteiger partial charge in [0.25, 0.3) is 0 Å². The summed E-state index contributed by atoms with van der Waals surface area (Å²) in [7, 11) is 0. The molecular formula is C13H17BrO. The smallest absolute Gasteiger partial charge is 0.162 e. The SMILES string of the molecule is CC(C)(C)CCC(=O)c1ccc(Br)cc1.